The number of benzene rings is 2. The van der Waals surface area contributed by atoms with E-state index < -0.39 is 0 Å². The Labute approximate surface area is 154 Å². The fourth-order valence-electron chi connectivity index (χ4n) is 2.29. The number of carbonyl (C=O) groups excluding carboxylic acids is 2. The number of rotatable bonds is 7. The summed E-state index contributed by atoms with van der Waals surface area (Å²) >= 11 is 0. The molecule has 2 aromatic carbocycles. The minimum Gasteiger partial charge on any atom is -0.497 e. The lowest BCUT2D eigenvalue weighted by atomic mass is 10.1. The first-order valence-electron chi connectivity index (χ1n) is 8.45. The van der Waals surface area contributed by atoms with E-state index in [1.807, 2.05) is 56.3 Å². The maximum absolute atomic E-state index is 11.9. The molecule has 0 aliphatic heterocycles. The van der Waals surface area contributed by atoms with E-state index in [1.165, 1.54) is 11.6 Å². The lowest BCUT2D eigenvalue weighted by Crippen LogP contribution is -2.26. The lowest BCUT2D eigenvalue weighted by molar-refractivity contribution is -0.117. The summed E-state index contributed by atoms with van der Waals surface area (Å²) in [6, 6.07) is 13.2. The number of carbonyl (C=O) groups is 2. The van der Waals surface area contributed by atoms with Crippen molar-refractivity contribution in [3.05, 3.63) is 65.2 Å². The van der Waals surface area contributed by atoms with Crippen LogP contribution in [0.1, 0.15) is 23.1 Å². The molecule has 2 amide bonds. The van der Waals surface area contributed by atoms with Gasteiger partial charge < -0.3 is 15.4 Å². The van der Waals surface area contributed by atoms with E-state index in [-0.39, 0.29) is 24.8 Å². The molecule has 0 saturated heterocycles. The molecule has 0 saturated carbocycles. The zero-order valence-electron chi connectivity index (χ0n) is 15.3. The van der Waals surface area contributed by atoms with Crippen LogP contribution in [-0.4, -0.2) is 25.5 Å². The van der Waals surface area contributed by atoms with Gasteiger partial charge in [-0.15, -0.1) is 0 Å². The summed E-state index contributed by atoms with van der Waals surface area (Å²) < 4.78 is 5.08. The molecular weight excluding hydrogens is 328 g/mol. The molecule has 0 bridgehead atoms. The number of nitrogens with one attached hydrogen (secondary N) is 2. The fraction of sp³-hybridized carbons (Fsp3) is 0.238. The van der Waals surface area contributed by atoms with Crippen LogP contribution in [0.15, 0.2) is 48.5 Å². The normalized spacial score (nSPS) is 10.6. The summed E-state index contributed by atoms with van der Waals surface area (Å²) in [5, 5.41) is 5.53. The van der Waals surface area contributed by atoms with Gasteiger partial charge in [0.15, 0.2) is 0 Å². The van der Waals surface area contributed by atoms with Crippen LogP contribution in [0.5, 0.6) is 5.75 Å². The molecule has 0 aliphatic carbocycles. The minimum atomic E-state index is -0.236. The molecule has 0 unspecified atom stereocenters. The van der Waals surface area contributed by atoms with Gasteiger partial charge in [0, 0.05) is 24.7 Å². The van der Waals surface area contributed by atoms with Crippen molar-refractivity contribution in [3.8, 4) is 5.75 Å². The molecular formula is C21H24N2O3. The first-order valence-corrected chi connectivity index (χ1v) is 8.45. The van der Waals surface area contributed by atoms with E-state index in [0.29, 0.717) is 0 Å². The Bertz CT molecular complexity index is 795. The summed E-state index contributed by atoms with van der Waals surface area (Å²) in [4.78, 5) is 23.7. The zero-order valence-corrected chi connectivity index (χ0v) is 15.3. The molecule has 5 nitrogen and oxygen atoms in total. The molecule has 0 radical (unpaired) electrons. The number of ether oxygens (including phenoxy) is 1. The largest absolute Gasteiger partial charge is 0.497 e. The molecule has 0 aromatic heterocycles. The second kappa shape index (κ2) is 9.42. The highest BCUT2D eigenvalue weighted by Crippen LogP contribution is 2.14. The van der Waals surface area contributed by atoms with E-state index in [1.54, 1.807) is 13.2 Å². The third-order valence-electron chi connectivity index (χ3n) is 3.98. The van der Waals surface area contributed by atoms with Crippen molar-refractivity contribution in [1.82, 2.24) is 5.32 Å². The Morgan fingerprint density at radius 2 is 1.77 bits per heavy atom. The zero-order chi connectivity index (χ0) is 18.9. The molecule has 2 N–H and O–H groups in total. The average Bonchev–Trinajstić information content (AvgIpc) is 2.63. The van der Waals surface area contributed by atoms with Crippen LogP contribution in [0.3, 0.4) is 0 Å². The Morgan fingerprint density at radius 1 is 1.04 bits per heavy atom. The first-order chi connectivity index (χ1) is 12.5. The molecule has 0 heterocycles. The average molecular weight is 352 g/mol. The smallest absolute Gasteiger partial charge is 0.244 e. The van der Waals surface area contributed by atoms with Gasteiger partial charge in [-0.05, 0) is 60.9 Å². The SMILES string of the molecule is COc1ccc(/C=C/C(=O)NCCC(=O)Nc2ccc(C)c(C)c2)cc1. The summed E-state index contributed by atoms with van der Waals surface area (Å²) in [6.07, 6.45) is 3.38. The van der Waals surface area contributed by atoms with Crippen molar-refractivity contribution in [2.45, 2.75) is 20.3 Å². The van der Waals surface area contributed by atoms with E-state index in [0.717, 1.165) is 22.6 Å². The van der Waals surface area contributed by atoms with Gasteiger partial charge in [0.2, 0.25) is 11.8 Å². The molecule has 0 aliphatic rings. The third kappa shape index (κ3) is 6.09. The number of hydrogen-bond donors (Lipinski definition) is 2. The van der Waals surface area contributed by atoms with Crippen LogP contribution < -0.4 is 15.4 Å². The molecule has 2 aromatic rings. The van der Waals surface area contributed by atoms with Gasteiger partial charge in [0.25, 0.3) is 0 Å². The molecule has 5 heteroatoms. The van der Waals surface area contributed by atoms with Crippen LogP contribution in [-0.2, 0) is 9.59 Å². The van der Waals surface area contributed by atoms with Crippen molar-refractivity contribution in [2.75, 3.05) is 19.0 Å². The number of anilines is 1. The van der Waals surface area contributed by atoms with Crippen LogP contribution >= 0.6 is 0 Å². The molecule has 136 valence electrons. The van der Waals surface area contributed by atoms with Crippen LogP contribution in [0, 0.1) is 13.8 Å². The van der Waals surface area contributed by atoms with Gasteiger partial charge in [-0.1, -0.05) is 18.2 Å². The Kier molecular flexibility index (Phi) is 6.97. The Balaban J connectivity index is 1.73. The lowest BCUT2D eigenvalue weighted by Gasteiger charge is -2.08. The van der Waals surface area contributed by atoms with E-state index in [4.69, 9.17) is 4.74 Å². The van der Waals surface area contributed by atoms with Crippen LogP contribution in [0.25, 0.3) is 6.08 Å². The van der Waals surface area contributed by atoms with E-state index in [9.17, 15) is 9.59 Å². The number of aryl methyl sites for hydroxylation is 2. The van der Waals surface area contributed by atoms with Crippen molar-refractivity contribution in [3.63, 3.8) is 0 Å². The molecule has 2 rings (SSSR count). The summed E-state index contributed by atoms with van der Waals surface area (Å²) in [5.74, 6) is 0.397. The maximum atomic E-state index is 11.9. The summed E-state index contributed by atoms with van der Waals surface area (Å²) in [6.45, 7) is 4.30. The molecule has 0 atom stereocenters. The van der Waals surface area contributed by atoms with Crippen molar-refractivity contribution in [1.29, 1.82) is 0 Å². The van der Waals surface area contributed by atoms with Crippen molar-refractivity contribution < 1.29 is 14.3 Å². The predicted octanol–water partition coefficient (Wildman–Crippen LogP) is 3.47. The van der Waals surface area contributed by atoms with Gasteiger partial charge in [0.1, 0.15) is 5.75 Å². The summed E-state index contributed by atoms with van der Waals surface area (Å²) in [5.41, 5.74) is 3.97. The second-order valence-corrected chi connectivity index (χ2v) is 5.99. The number of amides is 2. The van der Waals surface area contributed by atoms with Gasteiger partial charge in [0.05, 0.1) is 7.11 Å². The topological polar surface area (TPSA) is 67.4 Å². The maximum Gasteiger partial charge on any atom is 0.244 e. The minimum absolute atomic E-state index is 0.132. The monoisotopic (exact) mass is 352 g/mol. The standard InChI is InChI=1S/C21H24N2O3/c1-15-4-8-18(14-16(15)2)23-21(25)12-13-22-20(24)11-7-17-5-9-19(26-3)10-6-17/h4-11,14H,12-13H2,1-3H3,(H,22,24)(H,23,25)/b11-7+. The van der Waals surface area contributed by atoms with Crippen molar-refractivity contribution in [2.24, 2.45) is 0 Å². The van der Waals surface area contributed by atoms with Crippen LogP contribution in [0.4, 0.5) is 5.69 Å². The first kappa shape index (κ1) is 19.2. The van der Waals surface area contributed by atoms with Gasteiger partial charge in [-0.2, -0.15) is 0 Å². The second-order valence-electron chi connectivity index (χ2n) is 5.99. The quantitative estimate of drug-likeness (QED) is 0.750. The third-order valence-corrected chi connectivity index (χ3v) is 3.98. The number of hydrogen-bond acceptors (Lipinski definition) is 3. The van der Waals surface area contributed by atoms with E-state index >= 15 is 0 Å². The fourth-order valence-corrected chi connectivity index (χ4v) is 2.29. The van der Waals surface area contributed by atoms with Crippen molar-refractivity contribution >= 4 is 23.6 Å². The van der Waals surface area contributed by atoms with Gasteiger partial charge >= 0.3 is 0 Å². The molecule has 26 heavy (non-hydrogen) atoms. The highest BCUT2D eigenvalue weighted by molar-refractivity contribution is 5.93. The highest BCUT2D eigenvalue weighted by atomic mass is 16.5. The number of methoxy groups -OCH3 is 1. The highest BCUT2D eigenvalue weighted by Gasteiger charge is 2.04. The van der Waals surface area contributed by atoms with Crippen LogP contribution in [0.2, 0.25) is 0 Å². The summed E-state index contributed by atoms with van der Waals surface area (Å²) in [7, 11) is 1.61. The predicted molar refractivity (Wildman–Crippen MR) is 104 cm³/mol. The van der Waals surface area contributed by atoms with Gasteiger partial charge in [-0.3, -0.25) is 9.59 Å². The van der Waals surface area contributed by atoms with E-state index in [2.05, 4.69) is 10.6 Å². The Hall–Kier alpha value is -3.08. The molecule has 0 fully saturated rings. The Morgan fingerprint density at radius 3 is 2.42 bits per heavy atom. The molecule has 0 spiro atoms. The van der Waals surface area contributed by atoms with Gasteiger partial charge in [-0.25, -0.2) is 0 Å².